The Labute approximate surface area is 423 Å². The molecule has 5 aromatic rings. The van der Waals surface area contributed by atoms with E-state index in [0.29, 0.717) is 0 Å². The van der Waals surface area contributed by atoms with Gasteiger partial charge in [0.2, 0.25) is 12.2 Å². The van der Waals surface area contributed by atoms with Crippen molar-refractivity contribution in [3.63, 3.8) is 0 Å². The molecule has 1 unspecified atom stereocenters. The second kappa shape index (κ2) is 26.6. The number of carbonyl (C=O) groups excluding carboxylic acids is 2. The Morgan fingerprint density at radius 2 is 0.943 bits per heavy atom. The van der Waals surface area contributed by atoms with Gasteiger partial charge in [0.25, 0.3) is 3.79 Å². The van der Waals surface area contributed by atoms with E-state index in [4.69, 9.17) is 87.6 Å². The van der Waals surface area contributed by atoms with Gasteiger partial charge < -0.3 is 52.2 Å². The summed E-state index contributed by atoms with van der Waals surface area (Å²) in [5, 5.41) is 8.56. The van der Waals surface area contributed by atoms with Gasteiger partial charge in [0.15, 0.2) is 12.4 Å². The van der Waals surface area contributed by atoms with E-state index in [1.165, 1.54) is 6.92 Å². The summed E-state index contributed by atoms with van der Waals surface area (Å²) in [4.78, 5) is 25.8. The van der Waals surface area contributed by atoms with Gasteiger partial charge in [-0.1, -0.05) is 186 Å². The van der Waals surface area contributed by atoms with Crippen molar-refractivity contribution in [1.82, 2.24) is 0 Å². The van der Waals surface area contributed by atoms with Crippen LogP contribution < -0.4 is 0 Å². The molecule has 0 aliphatic carbocycles. The Hall–Kier alpha value is -4.74. The van der Waals surface area contributed by atoms with Crippen LogP contribution in [0.4, 0.5) is 0 Å². The topological polar surface area (TPSA) is 150 Å². The molecule has 2 saturated heterocycles. The van der Waals surface area contributed by atoms with E-state index in [9.17, 15) is 9.59 Å². The standard InChI is InChI=1S/C54H58Cl3NO12/c1-36(59)28-29-44(60)68-50-48(45(62-31-39-20-10-4-11-21-39)37(2)66-52(50)70-53(58)54(55,56)57)69-51-49(65-34-42-26-16-7-17-27-42)47(64-33-41-24-14-6-15-25-41)46(63-32-40-22-12-5-13-23-40)43(67-51)35-61-30-38-18-8-3-9-19-38/h3-27,37,43,45-52,58H,28-35H2,1-2H3/t37-,43+,45-,46+,47-,48+,49+,50+,51+,52?/m0/s1. The summed E-state index contributed by atoms with van der Waals surface area (Å²) in [6.07, 6.45) is -11.5. The fourth-order valence-electron chi connectivity index (χ4n) is 8.03. The monoisotopic (exact) mass is 1020 g/mol. The van der Waals surface area contributed by atoms with Gasteiger partial charge in [-0.05, 0) is 41.7 Å². The van der Waals surface area contributed by atoms with E-state index in [-0.39, 0.29) is 58.3 Å². The van der Waals surface area contributed by atoms with Gasteiger partial charge >= 0.3 is 5.97 Å². The maximum atomic E-state index is 13.7. The van der Waals surface area contributed by atoms with Crippen molar-refractivity contribution < 1.29 is 57.0 Å². The summed E-state index contributed by atoms with van der Waals surface area (Å²) < 4.78 is 64.1. The van der Waals surface area contributed by atoms with Crippen LogP contribution in [0.5, 0.6) is 0 Å². The lowest BCUT2D eigenvalue weighted by Gasteiger charge is -2.49. The largest absolute Gasteiger partial charge is 0.453 e. The van der Waals surface area contributed by atoms with E-state index in [1.807, 2.05) is 152 Å². The van der Waals surface area contributed by atoms with Crippen LogP contribution in [0.1, 0.15) is 54.5 Å². The number of alkyl halides is 3. The normalized spacial score (nSPS) is 24.6. The fraction of sp³-hybridized carbons (Fsp3) is 0.389. The van der Waals surface area contributed by atoms with E-state index in [0.717, 1.165) is 27.8 Å². The molecule has 372 valence electrons. The highest BCUT2D eigenvalue weighted by atomic mass is 35.6. The van der Waals surface area contributed by atoms with Crippen LogP contribution in [-0.4, -0.2) is 89.5 Å². The Bertz CT molecular complexity index is 2350. The summed E-state index contributed by atoms with van der Waals surface area (Å²) in [5.41, 5.74) is 4.46. The first-order chi connectivity index (χ1) is 33.9. The Balaban J connectivity index is 1.32. The van der Waals surface area contributed by atoms with Crippen molar-refractivity contribution in [2.24, 2.45) is 0 Å². The molecule has 2 fully saturated rings. The minimum atomic E-state index is -2.32. The van der Waals surface area contributed by atoms with Crippen LogP contribution >= 0.6 is 34.8 Å². The molecule has 0 bridgehead atoms. The number of ether oxygens (including phenoxy) is 10. The zero-order valence-corrected chi connectivity index (χ0v) is 41.2. The molecule has 10 atom stereocenters. The molecular formula is C54H58Cl3NO12. The SMILES string of the molecule is CC(=O)CCC(=O)O[C@H]1C(OC(=N)C(Cl)(Cl)Cl)O[C@@H](C)[C@H](OCc2ccccc2)[C@H]1O[C@H]1O[C@H](COCc2ccccc2)[C@@H](OCc2ccccc2)[C@H](OCc2ccccc2)[C@H]1OCc1ccccc1. The molecule has 1 N–H and O–H groups in total. The molecule has 0 radical (unpaired) electrons. The van der Waals surface area contributed by atoms with Crippen molar-refractivity contribution in [3.05, 3.63) is 179 Å². The first kappa shape index (κ1) is 53.1. The predicted molar refractivity (Wildman–Crippen MR) is 263 cm³/mol. The molecule has 2 heterocycles. The number of nitrogens with one attached hydrogen (secondary N) is 1. The average Bonchev–Trinajstić information content (AvgIpc) is 3.36. The van der Waals surface area contributed by atoms with E-state index in [1.54, 1.807) is 6.92 Å². The van der Waals surface area contributed by atoms with Crippen LogP contribution in [0.25, 0.3) is 0 Å². The highest BCUT2D eigenvalue weighted by Gasteiger charge is 2.55. The number of Topliss-reactive ketones (excluding diaryl/α,β-unsaturated/α-hetero) is 1. The van der Waals surface area contributed by atoms with Crippen LogP contribution in [0, 0.1) is 5.41 Å². The number of carbonyl (C=O) groups is 2. The third kappa shape index (κ3) is 15.9. The molecule has 0 spiro atoms. The third-order valence-electron chi connectivity index (χ3n) is 11.6. The van der Waals surface area contributed by atoms with Crippen LogP contribution in [0.3, 0.4) is 0 Å². The highest BCUT2D eigenvalue weighted by molar-refractivity contribution is 6.76. The van der Waals surface area contributed by atoms with Gasteiger partial charge in [-0.3, -0.25) is 10.2 Å². The Morgan fingerprint density at radius 3 is 1.40 bits per heavy atom. The lowest BCUT2D eigenvalue weighted by atomic mass is 9.96. The van der Waals surface area contributed by atoms with Gasteiger partial charge in [-0.25, -0.2) is 0 Å². The van der Waals surface area contributed by atoms with Crippen molar-refractivity contribution in [3.8, 4) is 0 Å². The van der Waals surface area contributed by atoms with Crippen LogP contribution in [-0.2, 0) is 90.0 Å². The summed E-state index contributed by atoms with van der Waals surface area (Å²) in [7, 11) is 0. The zero-order valence-electron chi connectivity index (χ0n) is 38.9. The maximum absolute atomic E-state index is 13.7. The number of hydrogen-bond acceptors (Lipinski definition) is 13. The summed E-state index contributed by atoms with van der Waals surface area (Å²) in [6.45, 7) is 3.94. The number of rotatable bonds is 23. The van der Waals surface area contributed by atoms with Gasteiger partial charge in [0.05, 0.1) is 52.2 Å². The molecule has 2 aliphatic heterocycles. The quantitative estimate of drug-likeness (QED) is 0.0287. The minimum absolute atomic E-state index is 0.0263. The molecule has 0 amide bonds. The summed E-state index contributed by atoms with van der Waals surface area (Å²) in [5.74, 6) is -1.81. The zero-order chi connectivity index (χ0) is 49.3. The van der Waals surface area contributed by atoms with Gasteiger partial charge in [-0.2, -0.15) is 0 Å². The molecule has 0 aromatic heterocycles. The van der Waals surface area contributed by atoms with E-state index >= 15 is 0 Å². The molecule has 0 saturated carbocycles. The first-order valence-electron chi connectivity index (χ1n) is 23.1. The molecule has 16 heteroatoms. The number of benzene rings is 5. The van der Waals surface area contributed by atoms with Crippen LogP contribution in [0.15, 0.2) is 152 Å². The van der Waals surface area contributed by atoms with Crippen LogP contribution in [0.2, 0.25) is 0 Å². The number of ketones is 1. The molecular weight excluding hydrogens is 961 g/mol. The summed E-state index contributed by atoms with van der Waals surface area (Å²) >= 11 is 18.4. The fourth-order valence-corrected chi connectivity index (χ4v) is 8.16. The molecule has 13 nitrogen and oxygen atoms in total. The van der Waals surface area contributed by atoms with Crippen molar-refractivity contribution in [2.75, 3.05) is 6.61 Å². The van der Waals surface area contributed by atoms with Gasteiger partial charge in [-0.15, -0.1) is 0 Å². The Morgan fingerprint density at radius 1 is 0.514 bits per heavy atom. The van der Waals surface area contributed by atoms with E-state index < -0.39 is 77.1 Å². The Kier molecular flexibility index (Phi) is 20.2. The molecule has 7 rings (SSSR count). The van der Waals surface area contributed by atoms with Gasteiger partial charge in [0, 0.05) is 6.42 Å². The molecule has 2 aliphatic rings. The average molecular weight is 1020 g/mol. The lowest BCUT2D eigenvalue weighted by molar-refractivity contribution is -0.368. The molecule has 70 heavy (non-hydrogen) atoms. The number of esters is 1. The van der Waals surface area contributed by atoms with Gasteiger partial charge in [0.1, 0.15) is 42.4 Å². The second-order valence-corrected chi connectivity index (χ2v) is 19.3. The minimum Gasteiger partial charge on any atom is -0.453 e. The van der Waals surface area contributed by atoms with Crippen molar-refractivity contribution in [1.29, 1.82) is 5.41 Å². The van der Waals surface area contributed by atoms with Crippen molar-refractivity contribution in [2.45, 2.75) is 125 Å². The second-order valence-electron chi connectivity index (χ2n) is 17.0. The highest BCUT2D eigenvalue weighted by Crippen LogP contribution is 2.38. The summed E-state index contributed by atoms with van der Waals surface area (Å²) in [6, 6.07) is 48.3. The van der Waals surface area contributed by atoms with E-state index in [2.05, 4.69) is 0 Å². The number of hydrogen-bond donors (Lipinski definition) is 1. The molecule has 5 aromatic carbocycles. The number of halogens is 3. The third-order valence-corrected chi connectivity index (χ3v) is 12.1. The lowest BCUT2D eigenvalue weighted by Crippen LogP contribution is -2.66. The maximum Gasteiger partial charge on any atom is 0.306 e. The predicted octanol–water partition coefficient (Wildman–Crippen LogP) is 10.0. The van der Waals surface area contributed by atoms with Crippen molar-refractivity contribution >= 4 is 52.5 Å². The first-order valence-corrected chi connectivity index (χ1v) is 24.3. The smallest absolute Gasteiger partial charge is 0.306 e.